The van der Waals surface area contributed by atoms with Crippen molar-refractivity contribution in [2.24, 2.45) is 0 Å². The molecule has 0 amide bonds. The number of halogens is 3. The third kappa shape index (κ3) is 6.76. The van der Waals surface area contributed by atoms with Crippen molar-refractivity contribution in [3.8, 4) is 5.88 Å². The summed E-state index contributed by atoms with van der Waals surface area (Å²) in [5, 5.41) is 17.9. The van der Waals surface area contributed by atoms with E-state index < -0.39 is 12.1 Å². The van der Waals surface area contributed by atoms with Crippen molar-refractivity contribution < 1.29 is 27.8 Å². The SMILES string of the molecule is O=C(O)C(F)(F)F.c1ccc(OCc2nnc3n2CCN(Cc2cccs2)CC3)nc1. The molecule has 12 heteroatoms. The molecule has 3 aromatic heterocycles. The molecule has 31 heavy (non-hydrogen) atoms. The van der Waals surface area contributed by atoms with E-state index in [2.05, 4.69) is 42.2 Å². The number of hydrogen-bond donors (Lipinski definition) is 1. The molecule has 166 valence electrons. The van der Waals surface area contributed by atoms with E-state index in [0.717, 1.165) is 44.2 Å². The Morgan fingerprint density at radius 2 is 1.97 bits per heavy atom. The Morgan fingerprint density at radius 3 is 2.61 bits per heavy atom. The number of nitrogens with zero attached hydrogens (tertiary/aromatic N) is 5. The van der Waals surface area contributed by atoms with Crippen molar-refractivity contribution in [1.82, 2.24) is 24.6 Å². The minimum Gasteiger partial charge on any atom is -0.475 e. The van der Waals surface area contributed by atoms with Crippen LogP contribution in [-0.2, 0) is 30.9 Å². The molecule has 4 heterocycles. The molecule has 0 unspecified atom stereocenters. The molecule has 0 spiro atoms. The summed E-state index contributed by atoms with van der Waals surface area (Å²) in [5.41, 5.74) is 0. The Labute approximate surface area is 179 Å². The molecule has 1 N–H and O–H groups in total. The topological polar surface area (TPSA) is 93.4 Å². The second-order valence-corrected chi connectivity index (χ2v) is 7.58. The number of ether oxygens (including phenoxy) is 1. The number of hydrogen-bond acceptors (Lipinski definition) is 7. The Kier molecular flexibility index (Phi) is 7.58. The van der Waals surface area contributed by atoms with Gasteiger partial charge in [-0.25, -0.2) is 9.78 Å². The summed E-state index contributed by atoms with van der Waals surface area (Å²) in [7, 11) is 0. The first kappa shape index (κ1) is 22.7. The van der Waals surface area contributed by atoms with Crippen LogP contribution in [-0.4, -0.2) is 55.0 Å². The van der Waals surface area contributed by atoms with Gasteiger partial charge < -0.3 is 14.4 Å². The highest BCUT2D eigenvalue weighted by atomic mass is 32.1. The van der Waals surface area contributed by atoms with Gasteiger partial charge in [0.15, 0.2) is 5.82 Å². The molecular formula is C19H20F3N5O3S. The average Bonchev–Trinajstić information content (AvgIpc) is 3.34. The van der Waals surface area contributed by atoms with Gasteiger partial charge >= 0.3 is 12.1 Å². The van der Waals surface area contributed by atoms with Crippen molar-refractivity contribution in [1.29, 1.82) is 0 Å². The van der Waals surface area contributed by atoms with Crippen LogP contribution in [0, 0.1) is 0 Å². The molecule has 3 aromatic rings. The summed E-state index contributed by atoms with van der Waals surface area (Å²) in [6.45, 7) is 4.32. The van der Waals surface area contributed by atoms with E-state index in [1.54, 1.807) is 6.20 Å². The van der Waals surface area contributed by atoms with Crippen LogP contribution in [0.2, 0.25) is 0 Å². The van der Waals surface area contributed by atoms with Gasteiger partial charge in [-0.3, -0.25) is 4.90 Å². The van der Waals surface area contributed by atoms with E-state index in [1.807, 2.05) is 29.5 Å². The Bertz CT molecular complexity index is 964. The summed E-state index contributed by atoms with van der Waals surface area (Å²) in [6.07, 6.45) is -2.44. The van der Waals surface area contributed by atoms with E-state index in [9.17, 15) is 13.2 Å². The van der Waals surface area contributed by atoms with Gasteiger partial charge in [0.25, 0.3) is 0 Å². The minimum absolute atomic E-state index is 0.398. The number of carbonyl (C=O) groups is 1. The summed E-state index contributed by atoms with van der Waals surface area (Å²) in [4.78, 5) is 17.0. The van der Waals surface area contributed by atoms with Gasteiger partial charge in [0.1, 0.15) is 12.4 Å². The van der Waals surface area contributed by atoms with E-state index in [4.69, 9.17) is 14.6 Å². The number of pyridine rings is 1. The van der Waals surface area contributed by atoms with E-state index in [1.165, 1.54) is 4.88 Å². The van der Waals surface area contributed by atoms with Crippen LogP contribution in [0.25, 0.3) is 0 Å². The van der Waals surface area contributed by atoms with Crippen molar-refractivity contribution in [2.75, 3.05) is 13.1 Å². The van der Waals surface area contributed by atoms with Crippen LogP contribution in [0.4, 0.5) is 13.2 Å². The molecular weight excluding hydrogens is 435 g/mol. The Hall–Kier alpha value is -2.99. The summed E-state index contributed by atoms with van der Waals surface area (Å²) in [5.74, 6) is -0.229. The van der Waals surface area contributed by atoms with Crippen LogP contribution in [0.5, 0.6) is 5.88 Å². The Morgan fingerprint density at radius 1 is 1.16 bits per heavy atom. The van der Waals surface area contributed by atoms with E-state index >= 15 is 0 Å². The van der Waals surface area contributed by atoms with Gasteiger partial charge in [0, 0.05) is 49.7 Å². The smallest absolute Gasteiger partial charge is 0.475 e. The number of carboxylic acid groups (broad SMARTS) is 1. The van der Waals surface area contributed by atoms with Crippen molar-refractivity contribution in [3.05, 3.63) is 58.4 Å². The lowest BCUT2D eigenvalue weighted by atomic mass is 10.3. The van der Waals surface area contributed by atoms with E-state index in [-0.39, 0.29) is 0 Å². The highest BCUT2D eigenvalue weighted by molar-refractivity contribution is 7.09. The number of carboxylic acids is 1. The first-order chi connectivity index (χ1) is 14.8. The molecule has 1 aliphatic heterocycles. The quantitative estimate of drug-likeness (QED) is 0.632. The maximum Gasteiger partial charge on any atom is 0.490 e. The average molecular weight is 455 g/mol. The van der Waals surface area contributed by atoms with Gasteiger partial charge in [-0.15, -0.1) is 21.5 Å². The predicted molar refractivity (Wildman–Crippen MR) is 106 cm³/mol. The first-order valence-electron chi connectivity index (χ1n) is 9.32. The molecule has 0 aliphatic carbocycles. The van der Waals surface area contributed by atoms with Crippen LogP contribution < -0.4 is 4.74 Å². The van der Waals surface area contributed by atoms with Crippen molar-refractivity contribution in [3.63, 3.8) is 0 Å². The van der Waals surface area contributed by atoms with Crippen LogP contribution >= 0.6 is 11.3 Å². The zero-order valence-electron chi connectivity index (χ0n) is 16.3. The summed E-state index contributed by atoms with van der Waals surface area (Å²) < 4.78 is 39.7. The molecule has 0 radical (unpaired) electrons. The standard InChI is InChI=1S/C17H19N5OS.C2HF3O2/c1-2-7-18-17(5-1)23-13-16-20-19-15-6-8-21(9-10-22(15)16)12-14-4-3-11-24-14;3-2(4,5)1(6)7/h1-5,7,11H,6,8-10,12-13H2;(H,6,7). The maximum absolute atomic E-state index is 10.6. The molecule has 8 nitrogen and oxygen atoms in total. The van der Waals surface area contributed by atoms with Gasteiger partial charge in [-0.05, 0) is 17.5 Å². The third-order valence-electron chi connectivity index (χ3n) is 4.38. The Balaban J connectivity index is 0.000000339. The molecule has 0 bridgehead atoms. The number of fused-ring (bicyclic) bond motifs is 1. The second-order valence-electron chi connectivity index (χ2n) is 6.55. The lowest BCUT2D eigenvalue weighted by Gasteiger charge is -2.18. The van der Waals surface area contributed by atoms with Gasteiger partial charge in [-0.2, -0.15) is 13.2 Å². The number of aromatic nitrogens is 4. The number of rotatable bonds is 5. The number of aliphatic carboxylic acids is 1. The zero-order valence-corrected chi connectivity index (χ0v) is 17.1. The van der Waals surface area contributed by atoms with Gasteiger partial charge in [0.05, 0.1) is 0 Å². The van der Waals surface area contributed by atoms with Crippen LogP contribution in [0.15, 0.2) is 41.9 Å². The molecule has 4 rings (SSSR count). The molecule has 0 atom stereocenters. The zero-order chi connectivity index (χ0) is 22.3. The summed E-state index contributed by atoms with van der Waals surface area (Å²) >= 11 is 1.81. The summed E-state index contributed by atoms with van der Waals surface area (Å²) in [6, 6.07) is 9.94. The monoisotopic (exact) mass is 455 g/mol. The fraction of sp³-hybridized carbons (Fsp3) is 0.368. The maximum atomic E-state index is 10.6. The number of thiophene rings is 1. The largest absolute Gasteiger partial charge is 0.490 e. The van der Waals surface area contributed by atoms with Gasteiger partial charge in [0.2, 0.25) is 5.88 Å². The normalized spacial score (nSPS) is 14.2. The molecule has 0 saturated heterocycles. The van der Waals surface area contributed by atoms with E-state index in [0.29, 0.717) is 12.5 Å². The number of alkyl halides is 3. The molecule has 0 aromatic carbocycles. The second kappa shape index (κ2) is 10.4. The fourth-order valence-electron chi connectivity index (χ4n) is 2.89. The van der Waals surface area contributed by atoms with Crippen LogP contribution in [0.3, 0.4) is 0 Å². The lowest BCUT2D eigenvalue weighted by molar-refractivity contribution is -0.192. The molecule has 0 fully saturated rings. The van der Waals surface area contributed by atoms with Crippen LogP contribution in [0.1, 0.15) is 16.5 Å². The molecule has 1 aliphatic rings. The predicted octanol–water partition coefficient (Wildman–Crippen LogP) is 3.01. The van der Waals surface area contributed by atoms with Crippen molar-refractivity contribution >= 4 is 17.3 Å². The minimum atomic E-state index is -5.08. The highest BCUT2D eigenvalue weighted by Crippen LogP contribution is 2.16. The van der Waals surface area contributed by atoms with Crippen molar-refractivity contribution in [2.45, 2.75) is 32.3 Å². The van der Waals surface area contributed by atoms with Gasteiger partial charge in [-0.1, -0.05) is 12.1 Å². The highest BCUT2D eigenvalue weighted by Gasteiger charge is 2.38. The molecule has 0 saturated carbocycles. The first-order valence-corrected chi connectivity index (χ1v) is 10.2. The lowest BCUT2D eigenvalue weighted by Crippen LogP contribution is -2.26. The fourth-order valence-corrected chi connectivity index (χ4v) is 3.63. The third-order valence-corrected chi connectivity index (χ3v) is 5.25.